The highest BCUT2D eigenvalue weighted by molar-refractivity contribution is 5.79. The molecule has 1 N–H and O–H groups in total. The zero-order valence-corrected chi connectivity index (χ0v) is 8.89. The second kappa shape index (κ2) is 4.24. The van der Waals surface area contributed by atoms with Crippen molar-refractivity contribution in [1.29, 1.82) is 0 Å². The van der Waals surface area contributed by atoms with Crippen molar-refractivity contribution >= 4 is 5.91 Å². The van der Waals surface area contributed by atoms with Crippen LogP contribution in [0.1, 0.15) is 25.7 Å². The highest BCUT2D eigenvalue weighted by Gasteiger charge is 2.50. The molecule has 2 rings (SSSR count). The fourth-order valence-electron chi connectivity index (χ4n) is 2.55. The van der Waals surface area contributed by atoms with Gasteiger partial charge in [-0.2, -0.15) is 13.2 Å². The highest BCUT2D eigenvalue weighted by atomic mass is 19.4. The van der Waals surface area contributed by atoms with Crippen molar-refractivity contribution in [2.24, 2.45) is 0 Å². The van der Waals surface area contributed by atoms with Crippen molar-refractivity contribution in [1.82, 2.24) is 10.2 Å². The predicted octanol–water partition coefficient (Wildman–Crippen LogP) is 1.29. The van der Waals surface area contributed by atoms with Gasteiger partial charge in [-0.3, -0.25) is 4.79 Å². The van der Waals surface area contributed by atoms with Gasteiger partial charge < -0.3 is 10.2 Å². The summed E-state index contributed by atoms with van der Waals surface area (Å²) in [7, 11) is 0. The second-order valence-corrected chi connectivity index (χ2v) is 4.40. The Morgan fingerprint density at radius 2 is 2.06 bits per heavy atom. The third-order valence-electron chi connectivity index (χ3n) is 3.30. The van der Waals surface area contributed by atoms with Crippen LogP contribution in [0.15, 0.2) is 0 Å². The van der Waals surface area contributed by atoms with E-state index in [1.165, 1.54) is 0 Å². The Morgan fingerprint density at radius 1 is 1.31 bits per heavy atom. The molecule has 0 bridgehead atoms. The van der Waals surface area contributed by atoms with E-state index in [-0.39, 0.29) is 24.8 Å². The lowest BCUT2D eigenvalue weighted by Crippen LogP contribution is -2.53. The quantitative estimate of drug-likeness (QED) is 0.744. The van der Waals surface area contributed by atoms with E-state index >= 15 is 0 Å². The van der Waals surface area contributed by atoms with E-state index in [0.29, 0.717) is 13.0 Å². The Labute approximate surface area is 92.0 Å². The van der Waals surface area contributed by atoms with E-state index in [0.717, 1.165) is 17.9 Å². The molecule has 6 heteroatoms. The van der Waals surface area contributed by atoms with Gasteiger partial charge in [-0.25, -0.2) is 0 Å². The van der Waals surface area contributed by atoms with Crippen molar-refractivity contribution < 1.29 is 18.0 Å². The van der Waals surface area contributed by atoms with Gasteiger partial charge in [-0.15, -0.1) is 0 Å². The van der Waals surface area contributed by atoms with E-state index in [2.05, 4.69) is 5.32 Å². The van der Waals surface area contributed by atoms with Gasteiger partial charge in [0.15, 0.2) is 0 Å². The zero-order chi connectivity index (χ0) is 11.8. The molecule has 1 amide bonds. The topological polar surface area (TPSA) is 32.3 Å². The third kappa shape index (κ3) is 2.16. The Bertz CT molecular complexity index is 274. The number of carbonyl (C=O) groups excluding carboxylic acids is 1. The fourth-order valence-corrected chi connectivity index (χ4v) is 2.55. The summed E-state index contributed by atoms with van der Waals surface area (Å²) in [5, 5.41) is 3.04. The van der Waals surface area contributed by atoms with Crippen molar-refractivity contribution in [3.05, 3.63) is 0 Å². The van der Waals surface area contributed by atoms with Gasteiger partial charge >= 0.3 is 6.18 Å². The molecule has 0 saturated carbocycles. The van der Waals surface area contributed by atoms with Crippen molar-refractivity contribution in [3.63, 3.8) is 0 Å². The van der Waals surface area contributed by atoms with Gasteiger partial charge in [-0.1, -0.05) is 0 Å². The van der Waals surface area contributed by atoms with Crippen LogP contribution in [0.5, 0.6) is 0 Å². The van der Waals surface area contributed by atoms with Crippen molar-refractivity contribution in [2.75, 3.05) is 13.1 Å². The number of piperidine rings is 1. The molecule has 2 atom stereocenters. The van der Waals surface area contributed by atoms with Crippen LogP contribution in [0.3, 0.4) is 0 Å². The molecule has 3 nitrogen and oxygen atoms in total. The summed E-state index contributed by atoms with van der Waals surface area (Å²) in [5.74, 6) is -0.351. The lowest BCUT2D eigenvalue weighted by atomic mass is 10.0. The molecule has 2 aliphatic heterocycles. The molecule has 0 spiro atoms. The zero-order valence-electron chi connectivity index (χ0n) is 8.89. The second-order valence-electron chi connectivity index (χ2n) is 4.40. The Morgan fingerprint density at radius 3 is 2.62 bits per heavy atom. The molecule has 2 heterocycles. The Kier molecular flexibility index (Phi) is 3.10. The first-order chi connectivity index (χ1) is 7.50. The van der Waals surface area contributed by atoms with Crippen LogP contribution in [0, 0.1) is 0 Å². The summed E-state index contributed by atoms with van der Waals surface area (Å²) in [5.41, 5.74) is 0. The van der Waals surface area contributed by atoms with Gasteiger partial charge in [0.1, 0.15) is 6.04 Å². The number of rotatable bonds is 1. The summed E-state index contributed by atoms with van der Waals surface area (Å²) < 4.78 is 38.2. The number of hydrogen-bond donors (Lipinski definition) is 1. The first-order valence-corrected chi connectivity index (χ1v) is 5.59. The van der Waals surface area contributed by atoms with E-state index in [1.54, 1.807) is 0 Å². The molecule has 0 aliphatic carbocycles. The monoisotopic (exact) mass is 236 g/mol. The molecular weight excluding hydrogens is 221 g/mol. The lowest BCUT2D eigenvalue weighted by molar-refractivity contribution is -0.186. The largest absolute Gasteiger partial charge is 0.408 e. The predicted molar refractivity (Wildman–Crippen MR) is 51.8 cm³/mol. The SMILES string of the molecule is O=C1CC[C@@H](C(F)(F)F)N1[C@H]1CCCNC1. The van der Waals surface area contributed by atoms with E-state index < -0.39 is 12.2 Å². The number of carbonyl (C=O) groups is 1. The number of nitrogens with zero attached hydrogens (tertiary/aromatic N) is 1. The maximum Gasteiger partial charge on any atom is 0.408 e. The molecule has 16 heavy (non-hydrogen) atoms. The van der Waals surface area contributed by atoms with Gasteiger partial charge in [0.05, 0.1) is 0 Å². The summed E-state index contributed by atoms with van der Waals surface area (Å²) >= 11 is 0. The molecular formula is C10H15F3N2O. The van der Waals surface area contributed by atoms with Gasteiger partial charge in [0, 0.05) is 19.0 Å². The smallest absolute Gasteiger partial charge is 0.326 e. The number of likely N-dealkylation sites (tertiary alicyclic amines) is 1. The van der Waals surface area contributed by atoms with E-state index in [1.807, 2.05) is 0 Å². The van der Waals surface area contributed by atoms with Crippen molar-refractivity contribution in [2.45, 2.75) is 43.9 Å². The van der Waals surface area contributed by atoms with Gasteiger partial charge in [-0.05, 0) is 25.8 Å². The number of alkyl halides is 3. The Hall–Kier alpha value is -0.780. The number of hydrogen-bond acceptors (Lipinski definition) is 2. The number of nitrogens with one attached hydrogen (secondary N) is 1. The fraction of sp³-hybridized carbons (Fsp3) is 0.900. The lowest BCUT2D eigenvalue weighted by Gasteiger charge is -2.36. The third-order valence-corrected chi connectivity index (χ3v) is 3.30. The van der Waals surface area contributed by atoms with E-state index in [4.69, 9.17) is 0 Å². The maximum absolute atomic E-state index is 12.7. The minimum absolute atomic E-state index is 0.0284. The summed E-state index contributed by atoms with van der Waals surface area (Å²) in [6.45, 7) is 1.31. The molecule has 0 radical (unpaired) electrons. The highest BCUT2D eigenvalue weighted by Crippen LogP contribution is 2.35. The van der Waals surface area contributed by atoms with Crippen LogP contribution in [0.4, 0.5) is 13.2 Å². The molecule has 0 unspecified atom stereocenters. The van der Waals surface area contributed by atoms with Crippen LogP contribution >= 0.6 is 0 Å². The van der Waals surface area contributed by atoms with Crippen LogP contribution in [0.2, 0.25) is 0 Å². The normalized spacial score (nSPS) is 32.2. The molecule has 2 fully saturated rings. The maximum atomic E-state index is 12.7. The van der Waals surface area contributed by atoms with Crippen LogP contribution in [0.25, 0.3) is 0 Å². The van der Waals surface area contributed by atoms with Crippen LogP contribution in [-0.4, -0.2) is 42.2 Å². The van der Waals surface area contributed by atoms with E-state index in [9.17, 15) is 18.0 Å². The number of halogens is 3. The standard InChI is InChI=1S/C10H15F3N2O/c11-10(12,13)8-3-4-9(16)15(8)7-2-1-5-14-6-7/h7-8,14H,1-6H2/t7-,8-/m0/s1. The molecule has 92 valence electrons. The molecule has 0 aromatic heterocycles. The van der Waals surface area contributed by atoms with Crippen molar-refractivity contribution in [3.8, 4) is 0 Å². The minimum Gasteiger partial charge on any atom is -0.326 e. The summed E-state index contributed by atoms with van der Waals surface area (Å²) in [6, 6.07) is -1.85. The Balaban J connectivity index is 2.12. The molecule has 2 aliphatic rings. The first-order valence-electron chi connectivity index (χ1n) is 5.59. The average Bonchev–Trinajstić information content (AvgIpc) is 2.61. The minimum atomic E-state index is -4.29. The van der Waals surface area contributed by atoms with Crippen LogP contribution < -0.4 is 5.32 Å². The summed E-state index contributed by atoms with van der Waals surface area (Å²) in [6.07, 6.45) is -2.84. The molecule has 0 aromatic carbocycles. The molecule has 2 saturated heterocycles. The van der Waals surface area contributed by atoms with Crippen LogP contribution in [-0.2, 0) is 4.79 Å². The first kappa shape index (κ1) is 11.7. The summed E-state index contributed by atoms with van der Waals surface area (Å²) in [4.78, 5) is 12.6. The van der Waals surface area contributed by atoms with Gasteiger partial charge in [0.25, 0.3) is 0 Å². The molecule has 0 aromatic rings. The van der Waals surface area contributed by atoms with Gasteiger partial charge in [0.2, 0.25) is 5.91 Å². The number of amides is 1. The average molecular weight is 236 g/mol.